The molecular formula is C23H29ClFN3O3. The van der Waals surface area contributed by atoms with Crippen molar-refractivity contribution in [3.8, 4) is 5.75 Å². The van der Waals surface area contributed by atoms with E-state index in [9.17, 15) is 14.3 Å². The van der Waals surface area contributed by atoms with Gasteiger partial charge in [-0.2, -0.15) is 0 Å². The number of likely N-dealkylation sites (tertiary alicyclic amines) is 1. The second-order valence-corrected chi connectivity index (χ2v) is 8.24. The fourth-order valence-electron chi connectivity index (χ4n) is 3.66. The number of aliphatic hydroxyl groups is 1. The molecule has 0 spiro atoms. The molecule has 2 aromatic carbocycles. The van der Waals surface area contributed by atoms with Crippen LogP contribution in [0.1, 0.15) is 31.7 Å². The third kappa shape index (κ3) is 7.47. The normalized spacial score (nSPS) is 17.9. The lowest BCUT2D eigenvalue weighted by atomic mass is 10.1. The lowest BCUT2D eigenvalue weighted by molar-refractivity contribution is -0.114. The smallest absolute Gasteiger partial charge is 0.221 e. The molecule has 31 heavy (non-hydrogen) atoms. The Balaban J connectivity index is 1.51. The van der Waals surface area contributed by atoms with Gasteiger partial charge in [-0.05, 0) is 55.6 Å². The number of nitrogens with one attached hydrogen (secondary N) is 2. The zero-order chi connectivity index (χ0) is 22.2. The fourth-order valence-corrected chi connectivity index (χ4v) is 3.79. The highest BCUT2D eigenvalue weighted by atomic mass is 35.5. The minimum Gasteiger partial charge on any atom is -0.489 e. The van der Waals surface area contributed by atoms with E-state index in [0.29, 0.717) is 12.2 Å². The van der Waals surface area contributed by atoms with E-state index in [2.05, 4.69) is 15.5 Å². The van der Waals surface area contributed by atoms with Crippen LogP contribution in [-0.4, -0.2) is 47.9 Å². The minimum atomic E-state index is -0.784. The van der Waals surface area contributed by atoms with Gasteiger partial charge in [-0.25, -0.2) is 4.39 Å². The number of aliphatic hydroxyl groups excluding tert-OH is 1. The van der Waals surface area contributed by atoms with E-state index in [1.165, 1.54) is 30.7 Å². The van der Waals surface area contributed by atoms with E-state index in [4.69, 9.17) is 16.3 Å². The summed E-state index contributed by atoms with van der Waals surface area (Å²) in [5.74, 6) is -0.565. The Morgan fingerprint density at radius 2 is 2.06 bits per heavy atom. The first kappa shape index (κ1) is 23.5. The number of carbonyl (C=O) groups excluding carboxylic acids is 1. The summed E-state index contributed by atoms with van der Waals surface area (Å²) < 4.78 is 19.1. The molecular weight excluding hydrogens is 421 g/mol. The zero-order valence-corrected chi connectivity index (χ0v) is 18.4. The number of rotatable bonds is 9. The largest absolute Gasteiger partial charge is 0.489 e. The Morgan fingerprint density at radius 3 is 2.81 bits per heavy atom. The molecule has 3 rings (SSSR count). The van der Waals surface area contributed by atoms with Gasteiger partial charge in [-0.15, -0.1) is 0 Å². The van der Waals surface area contributed by atoms with E-state index in [0.717, 1.165) is 37.4 Å². The molecule has 1 fully saturated rings. The number of carbonyl (C=O) groups is 1. The van der Waals surface area contributed by atoms with Crippen molar-refractivity contribution >= 4 is 23.2 Å². The van der Waals surface area contributed by atoms with Crippen LogP contribution in [0.25, 0.3) is 0 Å². The highest BCUT2D eigenvalue weighted by Crippen LogP contribution is 2.25. The van der Waals surface area contributed by atoms with Crippen LogP contribution in [0, 0.1) is 5.82 Å². The lowest BCUT2D eigenvalue weighted by Crippen LogP contribution is -2.50. The zero-order valence-electron chi connectivity index (χ0n) is 17.6. The van der Waals surface area contributed by atoms with Crippen molar-refractivity contribution in [2.45, 2.75) is 45.0 Å². The fraction of sp³-hybridized carbons (Fsp3) is 0.435. The van der Waals surface area contributed by atoms with Crippen molar-refractivity contribution < 1.29 is 19.0 Å². The molecule has 3 N–H and O–H groups in total. The number of amides is 1. The van der Waals surface area contributed by atoms with Crippen LogP contribution in [-0.2, 0) is 11.3 Å². The summed E-state index contributed by atoms with van der Waals surface area (Å²) in [6.45, 7) is 3.48. The number of nitrogens with zero attached hydrogens (tertiary/aromatic N) is 1. The number of ether oxygens (including phenoxy) is 1. The molecule has 1 aliphatic heterocycles. The maximum atomic E-state index is 13.6. The predicted molar refractivity (Wildman–Crippen MR) is 120 cm³/mol. The quantitative estimate of drug-likeness (QED) is 0.543. The SMILES string of the molecule is CC(=O)Nc1ccc(F)cc1OCC(O)CNC1CCCCN1Cc1ccc(Cl)cc1. The lowest BCUT2D eigenvalue weighted by Gasteiger charge is -2.36. The van der Waals surface area contributed by atoms with Crippen LogP contribution >= 0.6 is 11.6 Å². The summed E-state index contributed by atoms with van der Waals surface area (Å²) in [5, 5.41) is 17.1. The van der Waals surface area contributed by atoms with Gasteiger partial charge < -0.3 is 15.2 Å². The second kappa shape index (κ2) is 11.4. The molecule has 168 valence electrons. The maximum Gasteiger partial charge on any atom is 0.221 e. The Bertz CT molecular complexity index is 866. The molecule has 0 aliphatic carbocycles. The van der Waals surface area contributed by atoms with Gasteiger partial charge in [-0.1, -0.05) is 23.7 Å². The Hall–Kier alpha value is -2.19. The molecule has 1 amide bonds. The highest BCUT2D eigenvalue weighted by molar-refractivity contribution is 6.30. The Labute approximate surface area is 187 Å². The molecule has 2 aromatic rings. The summed E-state index contributed by atoms with van der Waals surface area (Å²) in [5.41, 5.74) is 1.56. The van der Waals surface area contributed by atoms with Crippen molar-refractivity contribution in [1.29, 1.82) is 0 Å². The molecule has 2 atom stereocenters. The minimum absolute atomic E-state index is 0.0209. The van der Waals surface area contributed by atoms with E-state index < -0.39 is 11.9 Å². The van der Waals surface area contributed by atoms with Gasteiger partial charge in [0.1, 0.15) is 24.3 Å². The monoisotopic (exact) mass is 449 g/mol. The third-order valence-electron chi connectivity index (χ3n) is 5.19. The average Bonchev–Trinajstić information content (AvgIpc) is 2.74. The van der Waals surface area contributed by atoms with Gasteiger partial charge in [0, 0.05) is 31.1 Å². The van der Waals surface area contributed by atoms with Gasteiger partial charge in [0.25, 0.3) is 0 Å². The number of benzene rings is 2. The van der Waals surface area contributed by atoms with Crippen molar-refractivity contribution in [3.05, 3.63) is 58.9 Å². The van der Waals surface area contributed by atoms with E-state index in [1.54, 1.807) is 0 Å². The van der Waals surface area contributed by atoms with Gasteiger partial charge in [0.05, 0.1) is 11.9 Å². The molecule has 1 heterocycles. The average molecular weight is 450 g/mol. The molecule has 2 unspecified atom stereocenters. The Morgan fingerprint density at radius 1 is 1.29 bits per heavy atom. The molecule has 0 radical (unpaired) electrons. The van der Waals surface area contributed by atoms with Crippen LogP contribution in [0.4, 0.5) is 10.1 Å². The van der Waals surface area contributed by atoms with Crippen molar-refractivity contribution in [3.63, 3.8) is 0 Å². The van der Waals surface area contributed by atoms with Gasteiger partial charge in [0.15, 0.2) is 0 Å². The van der Waals surface area contributed by atoms with Crippen molar-refractivity contribution in [2.24, 2.45) is 0 Å². The summed E-state index contributed by atoms with van der Waals surface area (Å²) in [6, 6.07) is 11.7. The molecule has 0 aromatic heterocycles. The highest BCUT2D eigenvalue weighted by Gasteiger charge is 2.23. The maximum absolute atomic E-state index is 13.6. The van der Waals surface area contributed by atoms with Crippen molar-refractivity contribution in [1.82, 2.24) is 10.2 Å². The number of halogens is 2. The van der Waals surface area contributed by atoms with Gasteiger partial charge in [0.2, 0.25) is 5.91 Å². The number of hydrogen-bond acceptors (Lipinski definition) is 5. The molecule has 6 nitrogen and oxygen atoms in total. The van der Waals surface area contributed by atoms with Crippen LogP contribution in [0.2, 0.25) is 5.02 Å². The molecule has 1 saturated heterocycles. The van der Waals surface area contributed by atoms with Gasteiger partial charge >= 0.3 is 0 Å². The number of piperidine rings is 1. The molecule has 0 saturated carbocycles. The second-order valence-electron chi connectivity index (χ2n) is 7.80. The first-order chi connectivity index (χ1) is 14.9. The molecule has 0 bridgehead atoms. The van der Waals surface area contributed by atoms with Gasteiger partial charge in [-0.3, -0.25) is 15.0 Å². The van der Waals surface area contributed by atoms with Crippen LogP contribution in [0.3, 0.4) is 0 Å². The van der Waals surface area contributed by atoms with Crippen LogP contribution in [0.5, 0.6) is 5.75 Å². The predicted octanol–water partition coefficient (Wildman–Crippen LogP) is 3.78. The third-order valence-corrected chi connectivity index (χ3v) is 5.44. The van der Waals surface area contributed by atoms with Crippen LogP contribution < -0.4 is 15.4 Å². The van der Waals surface area contributed by atoms with E-state index >= 15 is 0 Å². The van der Waals surface area contributed by atoms with Crippen molar-refractivity contribution in [2.75, 3.05) is 25.0 Å². The topological polar surface area (TPSA) is 73.8 Å². The summed E-state index contributed by atoms with van der Waals surface area (Å²) in [7, 11) is 0. The summed E-state index contributed by atoms with van der Waals surface area (Å²) in [4.78, 5) is 13.7. The number of anilines is 1. The van der Waals surface area contributed by atoms with E-state index in [1.807, 2.05) is 24.3 Å². The first-order valence-electron chi connectivity index (χ1n) is 10.5. The molecule has 1 aliphatic rings. The first-order valence-corrected chi connectivity index (χ1v) is 10.9. The molecule has 8 heteroatoms. The summed E-state index contributed by atoms with van der Waals surface area (Å²) in [6.07, 6.45) is 2.64. The summed E-state index contributed by atoms with van der Waals surface area (Å²) >= 11 is 5.98. The Kier molecular flexibility index (Phi) is 8.66. The van der Waals surface area contributed by atoms with Crippen LogP contribution in [0.15, 0.2) is 42.5 Å². The van der Waals surface area contributed by atoms with E-state index in [-0.39, 0.29) is 24.4 Å². The standard InChI is InChI=1S/C23H29ClFN3O3/c1-16(29)27-21-10-9-19(25)12-22(21)31-15-20(30)13-26-23-4-2-3-11-28(23)14-17-5-7-18(24)8-6-17/h5-10,12,20,23,26,30H,2-4,11,13-15H2,1H3,(H,27,29). The number of hydrogen-bond donors (Lipinski definition) is 3.